The van der Waals surface area contributed by atoms with Gasteiger partial charge in [0, 0.05) is 32.2 Å². The third-order valence-corrected chi connectivity index (χ3v) is 11.1. The normalized spacial score (nSPS) is 24.6. The number of Topliss-reactive ketones (excluding diaryl/α,β-unsaturated/α-hetero) is 4. The van der Waals surface area contributed by atoms with Crippen molar-refractivity contribution >= 4 is 69.7 Å². The van der Waals surface area contributed by atoms with Crippen LogP contribution in [0.15, 0.2) is 23.6 Å². The van der Waals surface area contributed by atoms with E-state index in [1.807, 2.05) is 6.92 Å². The highest BCUT2D eigenvalue weighted by Crippen LogP contribution is 2.52. The first-order valence-corrected chi connectivity index (χ1v) is 18.2. The van der Waals surface area contributed by atoms with E-state index in [1.165, 1.54) is 25.1 Å². The molecule has 0 bridgehead atoms. The molecule has 17 nitrogen and oxygen atoms in total. The number of carbonyl (C=O) groups is 8. The molecule has 0 spiro atoms. The lowest BCUT2D eigenvalue weighted by molar-refractivity contribution is -0.181. The molecule has 3 amide bonds. The van der Waals surface area contributed by atoms with Gasteiger partial charge >= 0.3 is 12.1 Å². The zero-order valence-corrected chi connectivity index (χ0v) is 31.3. The Labute approximate surface area is 314 Å². The number of amides is 3. The van der Waals surface area contributed by atoms with Crippen LogP contribution >= 0.6 is 11.3 Å². The van der Waals surface area contributed by atoms with Gasteiger partial charge in [0.05, 0.1) is 23.2 Å². The van der Waals surface area contributed by atoms with Gasteiger partial charge in [0.1, 0.15) is 17.2 Å². The van der Waals surface area contributed by atoms with Crippen molar-refractivity contribution in [1.29, 1.82) is 0 Å². The minimum atomic E-state index is -2.89. The molecule has 5 N–H and O–H groups in total. The van der Waals surface area contributed by atoms with Gasteiger partial charge in [-0.2, -0.15) is 0 Å². The highest BCUT2D eigenvalue weighted by atomic mass is 32.1. The van der Waals surface area contributed by atoms with Gasteiger partial charge in [0.2, 0.25) is 18.6 Å². The quantitative estimate of drug-likeness (QED) is 0.102. The van der Waals surface area contributed by atoms with Gasteiger partial charge in [-0.05, 0) is 62.4 Å². The van der Waals surface area contributed by atoms with E-state index in [1.54, 1.807) is 36.5 Å². The first-order chi connectivity index (χ1) is 25.4. The van der Waals surface area contributed by atoms with Crippen molar-refractivity contribution in [2.75, 3.05) is 58.3 Å². The number of nitrogens with one attached hydrogen (secondary N) is 1. The number of primary amides is 1. The summed E-state index contributed by atoms with van der Waals surface area (Å²) < 4.78 is 10.1. The Hall–Kier alpha value is -5.20. The van der Waals surface area contributed by atoms with Gasteiger partial charge < -0.3 is 35.6 Å². The third kappa shape index (κ3) is 7.07. The molecular weight excluding hydrogens is 726 g/mol. The first kappa shape index (κ1) is 40.0. The molecule has 0 aliphatic heterocycles. The number of nitrogens with zero attached hydrogens (tertiary/aromatic N) is 3. The number of rotatable bonds is 12. The van der Waals surface area contributed by atoms with E-state index in [-0.39, 0.29) is 30.6 Å². The number of phenolic OH excluding ortho intramolecular Hbond substituents is 1. The van der Waals surface area contributed by atoms with Gasteiger partial charge in [-0.25, -0.2) is 9.59 Å². The molecule has 54 heavy (non-hydrogen) atoms. The average molecular weight is 770 g/mol. The second-order valence-electron chi connectivity index (χ2n) is 14.1. The summed E-state index contributed by atoms with van der Waals surface area (Å²) in [5.74, 6) is -13.6. The molecule has 5 rings (SSSR count). The van der Waals surface area contributed by atoms with Crippen molar-refractivity contribution in [2.24, 2.45) is 29.4 Å². The summed E-state index contributed by atoms with van der Waals surface area (Å²) in [4.78, 5) is 111. The summed E-state index contributed by atoms with van der Waals surface area (Å²) in [7, 11) is 6.33. The van der Waals surface area contributed by atoms with Crippen LogP contribution in [0, 0.1) is 23.7 Å². The number of aliphatic hydroxyl groups is 1. The van der Waals surface area contributed by atoms with Crippen molar-refractivity contribution in [2.45, 2.75) is 44.2 Å². The lowest BCUT2D eigenvalue weighted by Gasteiger charge is -2.52. The Morgan fingerprint density at radius 2 is 1.78 bits per heavy atom. The molecule has 4 unspecified atom stereocenters. The van der Waals surface area contributed by atoms with E-state index in [2.05, 4.69) is 5.32 Å². The number of likely N-dealkylation sites (N-methyl/N-ethyl adjacent to an activating group) is 1. The summed E-state index contributed by atoms with van der Waals surface area (Å²) in [5, 5.41) is 27.6. The molecule has 2 aromatic rings. The van der Waals surface area contributed by atoms with E-state index in [0.717, 1.165) is 16.2 Å². The molecular formula is C36H43N5O12S. The number of thiophene rings is 1. The highest BCUT2D eigenvalue weighted by molar-refractivity contribution is 7.11. The molecule has 6 atom stereocenters. The van der Waals surface area contributed by atoms with Gasteiger partial charge in [-0.15, -0.1) is 11.3 Å². The maximum atomic E-state index is 14.3. The van der Waals surface area contributed by atoms with E-state index in [9.17, 15) is 48.6 Å². The van der Waals surface area contributed by atoms with Crippen LogP contribution in [-0.4, -0.2) is 127 Å². The van der Waals surface area contributed by atoms with Crippen LogP contribution in [0.25, 0.3) is 0 Å². The van der Waals surface area contributed by atoms with Crippen LogP contribution in [-0.2, 0) is 39.9 Å². The minimum absolute atomic E-state index is 0.0227. The highest BCUT2D eigenvalue weighted by Gasteiger charge is 2.69. The fourth-order valence-electron chi connectivity index (χ4n) is 7.78. The van der Waals surface area contributed by atoms with E-state index < -0.39 is 101 Å². The van der Waals surface area contributed by atoms with E-state index in [0.29, 0.717) is 29.0 Å². The molecule has 18 heteroatoms. The number of hydrogen-bond acceptors (Lipinski definition) is 15. The van der Waals surface area contributed by atoms with Crippen molar-refractivity contribution in [1.82, 2.24) is 9.80 Å². The van der Waals surface area contributed by atoms with Crippen LogP contribution in [0.3, 0.4) is 0 Å². The molecule has 290 valence electrons. The number of fused-ring (bicyclic) bond motifs is 3. The Morgan fingerprint density at radius 3 is 2.37 bits per heavy atom. The number of phenols is 1. The smallest absolute Gasteiger partial charge is 0.413 e. The van der Waals surface area contributed by atoms with Crippen molar-refractivity contribution in [3.05, 3.63) is 39.6 Å². The fourth-order valence-corrected chi connectivity index (χ4v) is 8.40. The zero-order valence-electron chi connectivity index (χ0n) is 30.5. The standard InChI is InChI=1S/C36H43N5O12S/c1-6-7-10-41(35(50)53-16-52-34(49)22-9-8-11-54-22)15-23(42)38-20-14-21(39(2)3)18-12-17-13-19-27(40(4)5)30(45)26(33(37)48)32(47)36(19,51)31(46)24(17)29(44)25(18)28(20)43/h8-9,11,14,17,19,24,26-27,43,51H,6-7,10,12-13,15-16H2,1-5H3,(H2,37,48)(H,38,42)/t17?,19?,24?,26?,27-,36-/m0/s1. The van der Waals surface area contributed by atoms with Gasteiger partial charge in [0.25, 0.3) is 0 Å². The second-order valence-corrected chi connectivity index (χ2v) is 15.0. The van der Waals surface area contributed by atoms with Crippen molar-refractivity contribution in [3.63, 3.8) is 0 Å². The number of hydrogen-bond donors (Lipinski definition) is 4. The summed E-state index contributed by atoms with van der Waals surface area (Å²) in [6, 6.07) is 3.41. The average Bonchev–Trinajstić information content (AvgIpc) is 3.64. The Balaban J connectivity index is 1.42. The number of esters is 1. The zero-order chi connectivity index (χ0) is 39.8. The largest absolute Gasteiger partial charge is 0.505 e. The Morgan fingerprint density at radius 1 is 1.07 bits per heavy atom. The van der Waals surface area contributed by atoms with Gasteiger partial charge in [-0.3, -0.25) is 38.6 Å². The number of ketones is 4. The monoisotopic (exact) mass is 769 g/mol. The summed E-state index contributed by atoms with van der Waals surface area (Å²) in [5.41, 5.74) is 2.73. The third-order valence-electron chi connectivity index (χ3n) is 10.3. The van der Waals surface area contributed by atoms with Gasteiger partial charge in [-0.1, -0.05) is 19.4 Å². The van der Waals surface area contributed by atoms with Gasteiger partial charge in [0.15, 0.2) is 34.7 Å². The molecule has 0 saturated heterocycles. The topological polar surface area (TPSA) is 243 Å². The van der Waals surface area contributed by atoms with Crippen LogP contribution in [0.5, 0.6) is 5.75 Å². The predicted octanol–water partition coefficient (Wildman–Crippen LogP) is 0.986. The fraction of sp³-hybridized carbons (Fsp3) is 0.500. The maximum absolute atomic E-state index is 14.3. The lowest BCUT2D eigenvalue weighted by atomic mass is 9.52. The number of anilines is 2. The molecule has 2 saturated carbocycles. The molecule has 3 aliphatic rings. The number of aromatic hydroxyl groups is 1. The predicted molar refractivity (Wildman–Crippen MR) is 192 cm³/mol. The number of ether oxygens (including phenoxy) is 2. The first-order valence-electron chi connectivity index (χ1n) is 17.3. The molecule has 1 aromatic heterocycles. The number of carbonyl (C=O) groups excluding carboxylic acids is 8. The second kappa shape index (κ2) is 15.6. The molecule has 1 aromatic carbocycles. The van der Waals surface area contributed by atoms with E-state index in [4.69, 9.17) is 15.2 Å². The SMILES string of the molecule is CCCCN(CC(=O)Nc1cc(N(C)C)c2c(c1O)C(=O)C1C(=O)[C@]3(O)C(=O)C(C(N)=O)C(=O)[C@@H](N(C)C)C3CC1C2)C(=O)OCOC(=O)c1cccs1. The molecule has 2 fully saturated rings. The maximum Gasteiger partial charge on any atom is 0.413 e. The molecule has 0 radical (unpaired) electrons. The molecule has 3 aliphatic carbocycles. The van der Waals surface area contributed by atoms with Crippen molar-refractivity contribution < 1.29 is 58.0 Å². The summed E-state index contributed by atoms with van der Waals surface area (Å²) in [6.45, 7) is 0.728. The van der Waals surface area contributed by atoms with Crippen molar-refractivity contribution in [3.8, 4) is 5.75 Å². The van der Waals surface area contributed by atoms with Crippen LogP contribution in [0.4, 0.5) is 16.2 Å². The summed E-state index contributed by atoms with van der Waals surface area (Å²) in [6.07, 6.45) is 0.123. The number of nitrogens with two attached hydrogens (primary N) is 1. The van der Waals surface area contributed by atoms with Crippen LogP contribution in [0.1, 0.15) is 51.8 Å². The number of benzene rings is 1. The number of unbranched alkanes of at least 4 members (excludes halogenated alkanes) is 1. The summed E-state index contributed by atoms with van der Waals surface area (Å²) >= 11 is 1.15. The lowest BCUT2D eigenvalue weighted by Crippen LogP contribution is -2.74. The Kier molecular flexibility index (Phi) is 11.6. The minimum Gasteiger partial charge on any atom is -0.505 e. The van der Waals surface area contributed by atoms with E-state index >= 15 is 0 Å². The van der Waals surface area contributed by atoms with Crippen LogP contribution in [0.2, 0.25) is 0 Å². The Bertz CT molecular complexity index is 1900. The molecule has 1 heterocycles. The van der Waals surface area contributed by atoms with Crippen LogP contribution < -0.4 is 16.0 Å².